The van der Waals surface area contributed by atoms with E-state index in [0.717, 1.165) is 60.4 Å². The molecule has 1 amide bonds. The van der Waals surface area contributed by atoms with Gasteiger partial charge in [0.05, 0.1) is 12.6 Å². The molecule has 1 heterocycles. The van der Waals surface area contributed by atoms with Gasteiger partial charge in [-0.1, -0.05) is 92.2 Å². The van der Waals surface area contributed by atoms with Crippen molar-refractivity contribution < 1.29 is 23.8 Å². The first-order valence-corrected chi connectivity index (χ1v) is 18.4. The zero-order valence-corrected chi connectivity index (χ0v) is 28.9. The molecule has 6 aliphatic carbocycles. The van der Waals surface area contributed by atoms with Crippen molar-refractivity contribution in [3.05, 3.63) is 106 Å². The summed E-state index contributed by atoms with van der Waals surface area (Å²) in [5, 5.41) is 13.5. The Balaban J connectivity index is 1.11. The van der Waals surface area contributed by atoms with Gasteiger partial charge in [0.2, 0.25) is 0 Å². The Bertz CT molecular complexity index is 1970. The summed E-state index contributed by atoms with van der Waals surface area (Å²) in [4.78, 5) is 30.4. The van der Waals surface area contributed by atoms with Crippen molar-refractivity contribution in [2.45, 2.75) is 83.5 Å². The molecule has 1 N–H and O–H groups in total. The molecule has 8 atom stereocenters. The van der Waals surface area contributed by atoms with E-state index in [9.17, 15) is 14.7 Å². The van der Waals surface area contributed by atoms with E-state index in [2.05, 4.69) is 56.3 Å². The SMILES string of the molecule is C[C@]12CC[C@H]3[C@@]4(C=C[C@@]5(C=C4C(=O)Cc4c(F)cccc4Cl)C[C@@H](O)CC[C@]35C)[C@@H]1CC[C@@]21CN(Cc2cccc3ccccc23)C(=O)O1. The second-order valence-corrected chi connectivity index (χ2v) is 16.8. The largest absolute Gasteiger partial charge is 0.440 e. The number of rotatable bonds is 5. The van der Waals surface area contributed by atoms with Crippen LogP contribution < -0.4 is 0 Å². The van der Waals surface area contributed by atoms with E-state index in [1.54, 1.807) is 12.1 Å². The Morgan fingerprint density at radius 3 is 2.53 bits per heavy atom. The van der Waals surface area contributed by atoms with Crippen molar-refractivity contribution >= 4 is 34.2 Å². The fourth-order valence-corrected chi connectivity index (χ4v) is 12.4. The number of halogens is 2. The van der Waals surface area contributed by atoms with Gasteiger partial charge in [-0.25, -0.2) is 9.18 Å². The first-order valence-electron chi connectivity index (χ1n) is 18.0. The molecule has 49 heavy (non-hydrogen) atoms. The van der Waals surface area contributed by atoms with Gasteiger partial charge in [0.25, 0.3) is 0 Å². The number of ether oxygens (including phenoxy) is 1. The fourth-order valence-electron chi connectivity index (χ4n) is 12.2. The van der Waals surface area contributed by atoms with Crippen LogP contribution in [0.25, 0.3) is 10.8 Å². The minimum absolute atomic E-state index is 0.0496. The molecule has 0 unspecified atom stereocenters. The zero-order chi connectivity index (χ0) is 34.0. The third-order valence-corrected chi connectivity index (χ3v) is 15.0. The first kappa shape index (κ1) is 31.5. The van der Waals surface area contributed by atoms with Crippen LogP contribution in [-0.4, -0.2) is 40.1 Å². The molecule has 0 radical (unpaired) electrons. The smallest absolute Gasteiger partial charge is 0.410 e. The lowest BCUT2D eigenvalue weighted by Gasteiger charge is -2.71. The molecule has 7 heteroatoms. The van der Waals surface area contributed by atoms with E-state index in [0.29, 0.717) is 19.5 Å². The molecule has 0 aromatic heterocycles. The van der Waals surface area contributed by atoms with Gasteiger partial charge in [-0.2, -0.15) is 0 Å². The Morgan fingerprint density at radius 1 is 0.959 bits per heavy atom. The number of hydrogen-bond donors (Lipinski definition) is 1. The summed E-state index contributed by atoms with van der Waals surface area (Å²) >= 11 is 6.48. The van der Waals surface area contributed by atoms with E-state index < -0.39 is 28.4 Å². The predicted molar refractivity (Wildman–Crippen MR) is 187 cm³/mol. The fraction of sp³-hybridized carbons (Fsp3) is 0.476. The summed E-state index contributed by atoms with van der Waals surface area (Å²) in [7, 11) is 0. The highest BCUT2D eigenvalue weighted by atomic mass is 35.5. The van der Waals surface area contributed by atoms with Crippen LogP contribution in [0.15, 0.2) is 84.5 Å². The number of aliphatic hydroxyl groups excluding tert-OH is 1. The Labute approximate surface area is 292 Å². The van der Waals surface area contributed by atoms with Crippen molar-refractivity contribution in [2.75, 3.05) is 6.54 Å². The summed E-state index contributed by atoms with van der Waals surface area (Å²) in [6.45, 7) is 5.67. The number of amides is 1. The summed E-state index contributed by atoms with van der Waals surface area (Å²) in [6.07, 6.45) is 11.5. The number of carbonyl (C=O) groups is 2. The molecule has 10 rings (SSSR count). The van der Waals surface area contributed by atoms with E-state index in [4.69, 9.17) is 16.3 Å². The molecule has 1 aliphatic heterocycles. The lowest BCUT2D eigenvalue weighted by molar-refractivity contribution is -0.168. The van der Waals surface area contributed by atoms with Gasteiger partial charge >= 0.3 is 6.09 Å². The molecule has 3 aromatic carbocycles. The lowest BCUT2D eigenvalue weighted by atomic mass is 9.32. The second kappa shape index (κ2) is 10.5. The van der Waals surface area contributed by atoms with Gasteiger partial charge in [-0.15, -0.1) is 0 Å². The van der Waals surface area contributed by atoms with Crippen molar-refractivity contribution in [3.63, 3.8) is 0 Å². The maximum absolute atomic E-state index is 15.1. The van der Waals surface area contributed by atoms with Crippen LogP contribution in [0.1, 0.15) is 69.9 Å². The molecule has 7 aliphatic rings. The van der Waals surface area contributed by atoms with Crippen molar-refractivity contribution in [2.24, 2.45) is 33.5 Å². The quantitative estimate of drug-likeness (QED) is 0.274. The number of Topliss-reactive ketones (excluding diaryl/α,β-unsaturated/α-hetero) is 1. The molecule has 3 spiro atoms. The minimum Gasteiger partial charge on any atom is -0.440 e. The molecule has 1 saturated heterocycles. The van der Waals surface area contributed by atoms with Crippen LogP contribution in [0.3, 0.4) is 0 Å². The number of ketones is 1. The van der Waals surface area contributed by atoms with Gasteiger partial charge in [0, 0.05) is 45.4 Å². The topological polar surface area (TPSA) is 66.8 Å². The monoisotopic (exact) mass is 679 g/mol. The molecule has 254 valence electrons. The van der Waals surface area contributed by atoms with E-state index in [-0.39, 0.29) is 51.5 Å². The van der Waals surface area contributed by atoms with Gasteiger partial charge in [0.15, 0.2) is 5.78 Å². The van der Waals surface area contributed by atoms with Gasteiger partial charge in [-0.05, 0) is 90.7 Å². The highest BCUT2D eigenvalue weighted by Gasteiger charge is 2.76. The van der Waals surface area contributed by atoms with Crippen molar-refractivity contribution in [1.29, 1.82) is 0 Å². The highest BCUT2D eigenvalue weighted by molar-refractivity contribution is 6.31. The number of nitrogens with zero attached hydrogens (tertiary/aromatic N) is 1. The summed E-state index contributed by atoms with van der Waals surface area (Å²) in [6, 6.07) is 19.1. The number of fused-ring (bicyclic) bond motifs is 3. The first-order chi connectivity index (χ1) is 23.5. The summed E-state index contributed by atoms with van der Waals surface area (Å²) in [5.41, 5.74) is -0.143. The van der Waals surface area contributed by atoms with E-state index in [1.165, 1.54) is 6.07 Å². The number of aliphatic hydroxyl groups is 1. The molecular weight excluding hydrogens is 637 g/mol. The number of hydrogen-bond acceptors (Lipinski definition) is 4. The molecule has 5 nitrogen and oxygen atoms in total. The van der Waals surface area contributed by atoms with E-state index >= 15 is 4.39 Å². The van der Waals surface area contributed by atoms with Gasteiger partial charge in [0.1, 0.15) is 11.4 Å². The third-order valence-electron chi connectivity index (χ3n) is 14.6. The number of allylic oxidation sites excluding steroid dienone is 4. The Morgan fingerprint density at radius 2 is 1.69 bits per heavy atom. The van der Waals surface area contributed by atoms with Gasteiger partial charge < -0.3 is 9.84 Å². The maximum atomic E-state index is 15.1. The predicted octanol–water partition coefficient (Wildman–Crippen LogP) is 9.00. The Kier molecular flexibility index (Phi) is 6.76. The molecular formula is C42H43ClFNO4. The Hall–Kier alpha value is -3.48. The second-order valence-electron chi connectivity index (χ2n) is 16.4. The molecule has 3 saturated carbocycles. The van der Waals surface area contributed by atoms with Crippen molar-refractivity contribution in [1.82, 2.24) is 4.90 Å². The molecule has 2 bridgehead atoms. The maximum Gasteiger partial charge on any atom is 0.410 e. The van der Waals surface area contributed by atoms with Crippen LogP contribution >= 0.6 is 11.6 Å². The summed E-state index contributed by atoms with van der Waals surface area (Å²) < 4.78 is 21.7. The lowest BCUT2D eigenvalue weighted by Crippen LogP contribution is -2.67. The van der Waals surface area contributed by atoms with Crippen LogP contribution in [-0.2, 0) is 22.5 Å². The van der Waals surface area contributed by atoms with Crippen LogP contribution in [0.2, 0.25) is 5.02 Å². The van der Waals surface area contributed by atoms with Crippen LogP contribution in [0.5, 0.6) is 0 Å². The highest BCUT2D eigenvalue weighted by Crippen LogP contribution is 2.79. The van der Waals surface area contributed by atoms with Crippen LogP contribution in [0, 0.1) is 39.3 Å². The molecule has 4 fully saturated rings. The van der Waals surface area contributed by atoms with E-state index in [1.807, 2.05) is 23.1 Å². The number of benzene rings is 3. The average Bonchev–Trinajstić information content (AvgIpc) is 3.56. The standard InChI is InChI=1S/C42H43ClFNO4/c1-38-16-13-28(46)22-40(38)19-20-42(31(23-40)34(47)21-30-32(43)11-6-12-33(30)44)35(38)14-17-39(2)36(42)15-18-41(39)25-45(37(48)49-41)24-27-9-5-8-26-7-3-4-10-29(26)27/h3-12,19-20,23,28,35-36,46H,13-18,21-22,24-25H2,1-2H3/t28-,35+,36+,38+,39-,40-,41+,42-/m0/s1. The average molecular weight is 680 g/mol. The number of carbonyl (C=O) groups excluding carboxylic acids is 2. The normalized spacial score (nSPS) is 38.7. The van der Waals surface area contributed by atoms with Crippen molar-refractivity contribution in [3.8, 4) is 0 Å². The summed E-state index contributed by atoms with van der Waals surface area (Å²) in [5.74, 6) is -0.349. The van der Waals surface area contributed by atoms with Crippen LogP contribution in [0.4, 0.5) is 9.18 Å². The zero-order valence-electron chi connectivity index (χ0n) is 28.2. The molecule has 3 aromatic rings. The third kappa shape index (κ3) is 4.08. The van der Waals surface area contributed by atoms with Gasteiger partial charge in [-0.3, -0.25) is 9.69 Å². The minimum atomic E-state index is -0.675.